The molecule has 0 aliphatic rings. The summed E-state index contributed by atoms with van der Waals surface area (Å²) in [5, 5.41) is 9.80. The number of carbonyl (C=O) groups is 1. The van der Waals surface area contributed by atoms with Crippen molar-refractivity contribution in [3.63, 3.8) is 0 Å². The Kier molecular flexibility index (Phi) is 2.63. The number of aromatic nitrogens is 1. The minimum absolute atomic E-state index is 0.278. The van der Waals surface area contributed by atoms with Crippen LogP contribution in [0.15, 0.2) is 16.6 Å². The summed E-state index contributed by atoms with van der Waals surface area (Å²) in [6.45, 7) is 1.74. The van der Waals surface area contributed by atoms with Crippen LogP contribution < -0.4 is 4.74 Å². The maximum Gasteiger partial charge on any atom is 0.338 e. The van der Waals surface area contributed by atoms with Gasteiger partial charge >= 0.3 is 5.97 Å². The fourth-order valence-electron chi connectivity index (χ4n) is 1.78. The topological polar surface area (TPSA) is 62.3 Å². The zero-order chi connectivity index (χ0) is 11.9. The standard InChI is InChI=1S/C11H10BrNO3/c1-5-8(11(14)15)9-6(13-5)3-4-7(16-2)10(9)12/h3-4,13H,1-2H3,(H,14,15). The molecule has 0 spiro atoms. The second-order valence-corrected chi connectivity index (χ2v) is 4.23. The quantitative estimate of drug-likeness (QED) is 0.891. The average molecular weight is 284 g/mol. The Balaban J connectivity index is 2.89. The molecule has 2 aromatic rings. The predicted molar refractivity (Wildman–Crippen MR) is 64.2 cm³/mol. The van der Waals surface area contributed by atoms with Gasteiger partial charge in [0.25, 0.3) is 0 Å². The van der Waals surface area contributed by atoms with Crippen LogP contribution in [0.5, 0.6) is 5.75 Å². The summed E-state index contributed by atoms with van der Waals surface area (Å²) in [7, 11) is 1.55. The van der Waals surface area contributed by atoms with Crippen LogP contribution in [0.4, 0.5) is 0 Å². The van der Waals surface area contributed by atoms with Crippen molar-refractivity contribution < 1.29 is 14.6 Å². The Hall–Kier alpha value is -1.49. The van der Waals surface area contributed by atoms with Crippen LogP contribution in [0.25, 0.3) is 10.9 Å². The number of aryl methyl sites for hydroxylation is 1. The van der Waals surface area contributed by atoms with E-state index in [0.29, 0.717) is 21.3 Å². The smallest absolute Gasteiger partial charge is 0.338 e. The van der Waals surface area contributed by atoms with Gasteiger partial charge in [-0.3, -0.25) is 0 Å². The van der Waals surface area contributed by atoms with Crippen LogP contribution in [0, 0.1) is 6.92 Å². The number of carboxylic acid groups (broad SMARTS) is 1. The molecule has 1 aromatic heterocycles. The molecule has 1 heterocycles. The monoisotopic (exact) mass is 283 g/mol. The molecule has 1 aromatic carbocycles. The first kappa shape index (κ1) is 11.0. The molecule has 0 fully saturated rings. The number of ether oxygens (including phenoxy) is 1. The normalized spacial score (nSPS) is 10.7. The zero-order valence-corrected chi connectivity index (χ0v) is 10.4. The number of halogens is 1. The van der Waals surface area contributed by atoms with Gasteiger partial charge in [0.05, 0.1) is 17.1 Å². The number of aromatic carboxylic acids is 1. The van der Waals surface area contributed by atoms with E-state index in [1.165, 1.54) is 0 Å². The molecular formula is C11H10BrNO3. The van der Waals surface area contributed by atoms with Crippen LogP contribution in [0.2, 0.25) is 0 Å². The molecule has 4 nitrogen and oxygen atoms in total. The number of fused-ring (bicyclic) bond motifs is 1. The highest BCUT2D eigenvalue weighted by molar-refractivity contribution is 9.10. The van der Waals surface area contributed by atoms with Crippen molar-refractivity contribution in [2.24, 2.45) is 0 Å². The first-order valence-corrected chi connectivity index (χ1v) is 5.43. The summed E-state index contributed by atoms with van der Waals surface area (Å²) < 4.78 is 5.80. The van der Waals surface area contributed by atoms with Crippen molar-refractivity contribution in [1.82, 2.24) is 4.98 Å². The molecular weight excluding hydrogens is 274 g/mol. The Bertz CT molecular complexity index is 574. The van der Waals surface area contributed by atoms with Gasteiger partial charge < -0.3 is 14.8 Å². The second kappa shape index (κ2) is 3.83. The van der Waals surface area contributed by atoms with Crippen LogP contribution >= 0.6 is 15.9 Å². The van der Waals surface area contributed by atoms with E-state index in [2.05, 4.69) is 20.9 Å². The van der Waals surface area contributed by atoms with Crippen molar-refractivity contribution in [3.8, 4) is 5.75 Å². The van der Waals surface area contributed by atoms with Crippen molar-refractivity contribution >= 4 is 32.8 Å². The van der Waals surface area contributed by atoms with Gasteiger partial charge in [0.15, 0.2) is 0 Å². The van der Waals surface area contributed by atoms with Crippen molar-refractivity contribution in [2.45, 2.75) is 6.92 Å². The molecule has 2 N–H and O–H groups in total. The van der Waals surface area contributed by atoms with E-state index in [0.717, 1.165) is 5.52 Å². The van der Waals surface area contributed by atoms with Gasteiger partial charge in [-0.15, -0.1) is 0 Å². The Morgan fingerprint density at radius 1 is 1.50 bits per heavy atom. The molecule has 16 heavy (non-hydrogen) atoms. The van der Waals surface area contributed by atoms with Crippen LogP contribution in [-0.4, -0.2) is 23.2 Å². The molecule has 0 aliphatic carbocycles. The van der Waals surface area contributed by atoms with Gasteiger partial charge in [0, 0.05) is 16.6 Å². The fourth-order valence-corrected chi connectivity index (χ4v) is 2.49. The lowest BCUT2D eigenvalue weighted by molar-refractivity contribution is 0.0698. The van der Waals surface area contributed by atoms with Crippen molar-refractivity contribution in [3.05, 3.63) is 27.9 Å². The number of carboxylic acids is 1. The van der Waals surface area contributed by atoms with Gasteiger partial charge in [0.1, 0.15) is 5.75 Å². The first-order valence-electron chi connectivity index (χ1n) is 4.64. The minimum Gasteiger partial charge on any atom is -0.496 e. The third-order valence-electron chi connectivity index (χ3n) is 2.49. The number of hydrogen-bond acceptors (Lipinski definition) is 2. The first-order chi connectivity index (χ1) is 7.56. The van der Waals surface area contributed by atoms with Gasteiger partial charge in [-0.05, 0) is 35.0 Å². The highest BCUT2D eigenvalue weighted by atomic mass is 79.9. The van der Waals surface area contributed by atoms with Crippen LogP contribution in [0.3, 0.4) is 0 Å². The van der Waals surface area contributed by atoms with E-state index < -0.39 is 5.97 Å². The highest BCUT2D eigenvalue weighted by Crippen LogP contribution is 2.36. The molecule has 0 atom stereocenters. The van der Waals surface area contributed by atoms with Gasteiger partial charge in [0.2, 0.25) is 0 Å². The van der Waals surface area contributed by atoms with Gasteiger partial charge in [-0.2, -0.15) is 0 Å². The van der Waals surface area contributed by atoms with Crippen molar-refractivity contribution in [2.75, 3.05) is 7.11 Å². The molecule has 84 valence electrons. The van der Waals surface area contributed by atoms with Crippen molar-refractivity contribution in [1.29, 1.82) is 0 Å². The molecule has 0 bridgehead atoms. The Labute approximate surface area is 100 Å². The average Bonchev–Trinajstić information content (AvgIpc) is 2.56. The number of rotatable bonds is 2. The lowest BCUT2D eigenvalue weighted by Gasteiger charge is -2.04. The lowest BCUT2D eigenvalue weighted by Crippen LogP contribution is -1.97. The van der Waals surface area contributed by atoms with E-state index >= 15 is 0 Å². The van der Waals surface area contributed by atoms with E-state index in [1.807, 2.05) is 0 Å². The molecule has 0 unspecified atom stereocenters. The largest absolute Gasteiger partial charge is 0.496 e. The number of nitrogens with one attached hydrogen (secondary N) is 1. The summed E-state index contributed by atoms with van der Waals surface area (Å²) in [4.78, 5) is 14.2. The molecule has 5 heteroatoms. The number of benzene rings is 1. The van der Waals surface area contributed by atoms with E-state index in [1.54, 1.807) is 26.2 Å². The predicted octanol–water partition coefficient (Wildman–Crippen LogP) is 2.95. The molecule has 2 rings (SSSR count). The highest BCUT2D eigenvalue weighted by Gasteiger charge is 2.19. The number of hydrogen-bond donors (Lipinski definition) is 2. The summed E-state index contributed by atoms with van der Waals surface area (Å²) in [6.07, 6.45) is 0. The van der Waals surface area contributed by atoms with Gasteiger partial charge in [-0.1, -0.05) is 0 Å². The molecule has 0 saturated heterocycles. The fraction of sp³-hybridized carbons (Fsp3) is 0.182. The van der Waals surface area contributed by atoms with Crippen LogP contribution in [-0.2, 0) is 0 Å². The lowest BCUT2D eigenvalue weighted by atomic mass is 10.1. The second-order valence-electron chi connectivity index (χ2n) is 3.43. The Morgan fingerprint density at radius 2 is 2.19 bits per heavy atom. The minimum atomic E-state index is -0.947. The maximum atomic E-state index is 11.2. The SMILES string of the molecule is COc1ccc2[nH]c(C)c(C(=O)O)c2c1Br. The molecule has 0 amide bonds. The van der Waals surface area contributed by atoms with Gasteiger partial charge in [-0.25, -0.2) is 4.79 Å². The summed E-state index contributed by atoms with van der Waals surface area (Å²) >= 11 is 3.37. The maximum absolute atomic E-state index is 11.2. The summed E-state index contributed by atoms with van der Waals surface area (Å²) in [6, 6.07) is 3.59. The van der Waals surface area contributed by atoms with Crippen LogP contribution in [0.1, 0.15) is 16.1 Å². The third kappa shape index (κ3) is 1.48. The zero-order valence-electron chi connectivity index (χ0n) is 8.80. The van der Waals surface area contributed by atoms with E-state index in [9.17, 15) is 4.79 Å². The summed E-state index contributed by atoms with van der Waals surface area (Å²) in [5.74, 6) is -0.327. The Morgan fingerprint density at radius 3 is 2.75 bits per heavy atom. The number of H-pyrrole nitrogens is 1. The summed E-state index contributed by atoms with van der Waals surface area (Å²) in [5.41, 5.74) is 1.69. The number of aromatic amines is 1. The molecule has 0 saturated carbocycles. The molecule has 0 aliphatic heterocycles. The third-order valence-corrected chi connectivity index (χ3v) is 3.27. The molecule has 0 radical (unpaired) electrons. The number of methoxy groups -OCH3 is 1. The van der Waals surface area contributed by atoms with E-state index in [-0.39, 0.29) is 5.56 Å². The van der Waals surface area contributed by atoms with E-state index in [4.69, 9.17) is 9.84 Å².